The van der Waals surface area contributed by atoms with Gasteiger partial charge in [0.1, 0.15) is 6.29 Å². The van der Waals surface area contributed by atoms with Crippen molar-refractivity contribution in [2.45, 2.75) is 78.2 Å². The van der Waals surface area contributed by atoms with Crippen LogP contribution >= 0.6 is 0 Å². The van der Waals surface area contributed by atoms with Gasteiger partial charge in [0.05, 0.1) is 12.9 Å². The number of esters is 1. The molecule has 4 rings (SSSR count). The molecular weight excluding hydrogens is 380 g/mol. The molecule has 5 nitrogen and oxygen atoms in total. The SMILES string of the molecule is COC1=CC2=C(C=O)C[C@H]3[C@H]4CC[C@](OC(C)=O)(C(C)=O)[C@]4(C)CC[C@@H]3[C@]2(C)CC1. The minimum absolute atomic E-state index is 0.0413. The van der Waals surface area contributed by atoms with Gasteiger partial charge in [0.2, 0.25) is 0 Å². The maximum absolute atomic E-state index is 12.8. The van der Waals surface area contributed by atoms with Crippen molar-refractivity contribution in [1.82, 2.24) is 0 Å². The molecule has 5 heteroatoms. The van der Waals surface area contributed by atoms with Crippen molar-refractivity contribution in [2.24, 2.45) is 28.6 Å². The molecule has 0 aromatic rings. The molecule has 0 amide bonds. The Morgan fingerprint density at radius 3 is 2.40 bits per heavy atom. The Morgan fingerprint density at radius 1 is 1.10 bits per heavy atom. The van der Waals surface area contributed by atoms with Crippen LogP contribution in [0.5, 0.6) is 0 Å². The van der Waals surface area contributed by atoms with Gasteiger partial charge in [-0.25, -0.2) is 0 Å². The number of fused-ring (bicyclic) bond motifs is 5. The van der Waals surface area contributed by atoms with Crippen molar-refractivity contribution in [3.8, 4) is 0 Å². The molecule has 0 aromatic heterocycles. The first-order valence-corrected chi connectivity index (χ1v) is 11.3. The number of hydrogen-bond acceptors (Lipinski definition) is 5. The second-order valence-corrected chi connectivity index (χ2v) is 10.3. The third-order valence-electron chi connectivity index (χ3n) is 9.28. The molecule has 30 heavy (non-hydrogen) atoms. The van der Waals surface area contributed by atoms with Gasteiger partial charge in [0.25, 0.3) is 0 Å². The molecule has 0 spiro atoms. The van der Waals surface area contributed by atoms with Crippen LogP contribution in [0.3, 0.4) is 0 Å². The quantitative estimate of drug-likeness (QED) is 0.499. The van der Waals surface area contributed by atoms with E-state index in [1.165, 1.54) is 6.92 Å². The highest BCUT2D eigenvalue weighted by atomic mass is 16.6. The van der Waals surface area contributed by atoms with Crippen LogP contribution in [-0.2, 0) is 23.9 Å². The van der Waals surface area contributed by atoms with Crippen molar-refractivity contribution >= 4 is 18.0 Å². The van der Waals surface area contributed by atoms with E-state index in [2.05, 4.69) is 19.9 Å². The molecule has 0 heterocycles. The number of allylic oxidation sites excluding steroid dienone is 4. The first-order valence-electron chi connectivity index (χ1n) is 11.3. The van der Waals surface area contributed by atoms with E-state index in [4.69, 9.17) is 9.47 Å². The Balaban J connectivity index is 1.78. The summed E-state index contributed by atoms with van der Waals surface area (Å²) in [5.41, 5.74) is 0.573. The van der Waals surface area contributed by atoms with Crippen molar-refractivity contribution in [3.63, 3.8) is 0 Å². The van der Waals surface area contributed by atoms with Gasteiger partial charge in [-0.3, -0.25) is 14.4 Å². The Morgan fingerprint density at radius 2 is 1.80 bits per heavy atom. The molecule has 4 aliphatic carbocycles. The number of carbonyl (C=O) groups excluding carboxylic acids is 3. The van der Waals surface area contributed by atoms with E-state index in [1.807, 2.05) is 0 Å². The van der Waals surface area contributed by atoms with Crippen LogP contribution in [-0.4, -0.2) is 30.7 Å². The van der Waals surface area contributed by atoms with E-state index in [0.717, 1.165) is 61.7 Å². The van der Waals surface area contributed by atoms with Gasteiger partial charge < -0.3 is 9.47 Å². The number of hydrogen-bond donors (Lipinski definition) is 0. The summed E-state index contributed by atoms with van der Waals surface area (Å²) in [5, 5.41) is 0. The first kappa shape index (κ1) is 21.3. The van der Waals surface area contributed by atoms with E-state index < -0.39 is 5.60 Å². The number of carbonyl (C=O) groups is 3. The third kappa shape index (κ3) is 2.69. The number of ether oxygens (including phenoxy) is 2. The van der Waals surface area contributed by atoms with Crippen LogP contribution in [0.15, 0.2) is 23.0 Å². The normalized spacial score (nSPS) is 42.4. The number of ketones is 1. The lowest BCUT2D eigenvalue weighted by Gasteiger charge is -2.58. The Labute approximate surface area is 179 Å². The van der Waals surface area contributed by atoms with Crippen molar-refractivity contribution in [3.05, 3.63) is 23.0 Å². The van der Waals surface area contributed by atoms with Gasteiger partial charge in [0.15, 0.2) is 11.4 Å². The molecule has 0 unspecified atom stereocenters. The van der Waals surface area contributed by atoms with Gasteiger partial charge in [-0.15, -0.1) is 0 Å². The van der Waals surface area contributed by atoms with Crippen LogP contribution in [0.25, 0.3) is 0 Å². The Hall–Kier alpha value is -1.91. The highest BCUT2D eigenvalue weighted by Crippen LogP contribution is 2.68. The van der Waals surface area contributed by atoms with Crippen LogP contribution in [0, 0.1) is 28.6 Å². The average molecular weight is 415 g/mol. The summed E-state index contributed by atoms with van der Waals surface area (Å²) in [6.07, 6.45) is 9.03. The van der Waals surface area contributed by atoms with E-state index in [9.17, 15) is 14.4 Å². The fourth-order valence-electron chi connectivity index (χ4n) is 7.82. The lowest BCUT2D eigenvalue weighted by molar-refractivity contribution is -0.186. The van der Waals surface area contributed by atoms with Crippen molar-refractivity contribution in [2.75, 3.05) is 7.11 Å². The maximum atomic E-state index is 12.8. The van der Waals surface area contributed by atoms with E-state index in [0.29, 0.717) is 18.3 Å². The van der Waals surface area contributed by atoms with Crippen LogP contribution in [0.2, 0.25) is 0 Å². The number of aldehydes is 1. The zero-order valence-corrected chi connectivity index (χ0v) is 18.9. The summed E-state index contributed by atoms with van der Waals surface area (Å²) in [7, 11) is 1.70. The topological polar surface area (TPSA) is 69.7 Å². The minimum atomic E-state index is -1.03. The molecule has 0 radical (unpaired) electrons. The number of Topliss-reactive ketones (excluding diaryl/α,β-unsaturated/α-hetero) is 1. The Kier molecular flexibility index (Phi) is 5.02. The summed E-state index contributed by atoms with van der Waals surface area (Å²) in [6.45, 7) is 7.43. The van der Waals surface area contributed by atoms with Gasteiger partial charge in [-0.1, -0.05) is 13.8 Å². The lowest BCUT2D eigenvalue weighted by Crippen LogP contribution is -2.58. The monoisotopic (exact) mass is 414 g/mol. The molecule has 2 saturated carbocycles. The van der Waals surface area contributed by atoms with Crippen LogP contribution < -0.4 is 0 Å². The average Bonchev–Trinajstić information content (AvgIpc) is 3.00. The summed E-state index contributed by atoms with van der Waals surface area (Å²) >= 11 is 0. The fourth-order valence-corrected chi connectivity index (χ4v) is 7.82. The maximum Gasteiger partial charge on any atom is 0.303 e. The van der Waals surface area contributed by atoms with E-state index in [-0.39, 0.29) is 28.5 Å². The highest BCUT2D eigenvalue weighted by Gasteiger charge is 2.67. The second-order valence-electron chi connectivity index (χ2n) is 10.3. The first-order chi connectivity index (χ1) is 14.1. The largest absolute Gasteiger partial charge is 0.501 e. The minimum Gasteiger partial charge on any atom is -0.501 e. The zero-order chi connectivity index (χ0) is 21.9. The summed E-state index contributed by atoms with van der Waals surface area (Å²) in [4.78, 5) is 36.9. The van der Waals surface area contributed by atoms with E-state index in [1.54, 1.807) is 14.0 Å². The highest BCUT2D eigenvalue weighted by molar-refractivity contribution is 5.89. The van der Waals surface area contributed by atoms with Gasteiger partial charge in [-0.05, 0) is 85.8 Å². The fraction of sp³-hybridized carbons (Fsp3) is 0.720. The van der Waals surface area contributed by atoms with Crippen LogP contribution in [0.1, 0.15) is 72.6 Å². The molecule has 0 bridgehead atoms. The molecule has 0 N–H and O–H groups in total. The molecule has 6 atom stereocenters. The van der Waals surface area contributed by atoms with E-state index >= 15 is 0 Å². The van der Waals surface area contributed by atoms with Crippen LogP contribution in [0.4, 0.5) is 0 Å². The molecule has 164 valence electrons. The molecule has 0 aromatic carbocycles. The number of methoxy groups -OCH3 is 1. The van der Waals surface area contributed by atoms with Crippen molar-refractivity contribution in [1.29, 1.82) is 0 Å². The second kappa shape index (κ2) is 7.06. The molecule has 0 saturated heterocycles. The predicted octanol–water partition coefficient (Wildman–Crippen LogP) is 4.55. The van der Waals surface area contributed by atoms with Crippen molar-refractivity contribution < 1.29 is 23.9 Å². The van der Waals surface area contributed by atoms with Gasteiger partial charge in [0, 0.05) is 18.8 Å². The number of rotatable bonds is 4. The summed E-state index contributed by atoms with van der Waals surface area (Å²) < 4.78 is 11.3. The summed E-state index contributed by atoms with van der Waals surface area (Å²) in [5.74, 6) is 1.58. The molecule has 4 aliphatic rings. The lowest BCUT2D eigenvalue weighted by atomic mass is 9.46. The third-order valence-corrected chi connectivity index (χ3v) is 9.28. The standard InChI is InChI=1S/C25H34O5/c1-15(27)25(30-16(2)28)11-8-21-19-12-17(14-26)22-13-18(29-5)6-9-23(22,3)20(19)7-10-24(21,25)4/h13-14,19-21H,6-12H2,1-5H3/t19-,20+,21-,23+,24-,25+/m1/s1. The molecule has 0 aliphatic heterocycles. The smallest absolute Gasteiger partial charge is 0.303 e. The van der Waals surface area contributed by atoms with Gasteiger partial charge >= 0.3 is 5.97 Å². The summed E-state index contributed by atoms with van der Waals surface area (Å²) in [6, 6.07) is 0. The molecular formula is C25H34O5. The van der Waals surface area contributed by atoms with Gasteiger partial charge in [-0.2, -0.15) is 0 Å². The molecule has 2 fully saturated rings. The Bertz CT molecular complexity index is 854. The predicted molar refractivity (Wildman–Crippen MR) is 112 cm³/mol. The zero-order valence-electron chi connectivity index (χ0n) is 18.9.